The highest BCUT2D eigenvalue weighted by Crippen LogP contribution is 2.45. The van der Waals surface area contributed by atoms with E-state index >= 15 is 0 Å². The number of nitrogens with one attached hydrogen (secondary N) is 3. The van der Waals surface area contributed by atoms with Gasteiger partial charge in [-0.2, -0.15) is 0 Å². The van der Waals surface area contributed by atoms with Crippen molar-refractivity contribution in [1.82, 2.24) is 24.6 Å². The molecule has 4 aliphatic rings. The molecule has 4 saturated carbocycles. The van der Waals surface area contributed by atoms with Gasteiger partial charge in [-0.15, -0.1) is 13.2 Å². The number of rotatable bonds is 23. The fourth-order valence-corrected chi connectivity index (χ4v) is 12.2. The summed E-state index contributed by atoms with van der Waals surface area (Å²) in [4.78, 5) is 77.0. The molecule has 0 bridgehead atoms. The molecule has 4 fully saturated rings. The van der Waals surface area contributed by atoms with Crippen LogP contribution in [0, 0.1) is 23.7 Å². The van der Waals surface area contributed by atoms with Gasteiger partial charge in [0.1, 0.15) is 60.1 Å². The summed E-state index contributed by atoms with van der Waals surface area (Å²) in [5, 5.41) is 11.6. The van der Waals surface area contributed by atoms with Gasteiger partial charge in [-0.1, -0.05) is 111 Å². The first-order chi connectivity index (χ1) is 40.9. The quantitative estimate of drug-likeness (QED) is 0.0433. The van der Waals surface area contributed by atoms with Crippen molar-refractivity contribution < 1.29 is 69.7 Å². The standard InChI is InChI=1S/C32H41N3O7S.C19H20N2O4S.C13H23NO4/c1-5-25-19-32(25,33-28(36)21-35(20-23-12-9-10-13-23)30(38)42-31(2,3)4)29(37)34-43(39,40)27-17-11-16-26(18-27)41-22-24-14-7-6-8-15-24;1-2-15-12-19(15,20)18(22)21-26(23,24)17-10-6-9-16(11-17)25-13-14-7-4-3-5-8-14;1-13(2,3)18-12(17)14(9-11(15)16)8-10-6-4-5-7-10/h5-8,11,14-18,23,25H,1,9-10,12-13,19-22H2,2-4H3,(H,33,36)(H,34,37);2-11,15H,1,12-13,20H2,(H,21,22);10H,4-9H2,1-3H3,(H,15,16)/t25-,32-;15-,19-;/m11./s1. The van der Waals surface area contributed by atoms with Gasteiger partial charge < -0.3 is 35.1 Å². The van der Waals surface area contributed by atoms with Crippen LogP contribution < -0.4 is 30.0 Å². The van der Waals surface area contributed by atoms with E-state index < -0.39 is 84.1 Å². The number of nitrogens with two attached hydrogens (primary N) is 1. The molecule has 0 aliphatic heterocycles. The molecule has 6 N–H and O–H groups in total. The second-order valence-corrected chi connectivity index (χ2v) is 27.8. The Kier molecular flexibility index (Phi) is 23.4. The Morgan fingerprint density at radius 1 is 0.598 bits per heavy atom. The Morgan fingerprint density at radius 3 is 1.39 bits per heavy atom. The van der Waals surface area contributed by atoms with Crippen molar-refractivity contribution in [3.05, 3.63) is 146 Å². The molecule has 0 spiro atoms. The van der Waals surface area contributed by atoms with Gasteiger partial charge in [-0.25, -0.2) is 35.9 Å². The highest BCUT2D eigenvalue weighted by molar-refractivity contribution is 7.90. The third-order valence-corrected chi connectivity index (χ3v) is 17.5. The monoisotopic (exact) mass is 1240 g/mol. The number of carboxylic acid groups (broad SMARTS) is 1. The van der Waals surface area contributed by atoms with Crippen molar-refractivity contribution in [2.75, 3.05) is 26.2 Å². The van der Waals surface area contributed by atoms with Crippen molar-refractivity contribution in [3.8, 4) is 11.5 Å². The fourth-order valence-electron chi connectivity index (χ4n) is 10.1. The zero-order chi connectivity index (χ0) is 63.8. The van der Waals surface area contributed by atoms with E-state index in [9.17, 15) is 45.6 Å². The third kappa shape index (κ3) is 21.0. The molecule has 4 aromatic rings. The van der Waals surface area contributed by atoms with Crippen LogP contribution in [-0.2, 0) is 61.9 Å². The minimum atomic E-state index is -4.30. The molecule has 4 aliphatic carbocycles. The van der Waals surface area contributed by atoms with E-state index in [0.29, 0.717) is 43.5 Å². The maximum absolute atomic E-state index is 13.4. The molecule has 0 saturated heterocycles. The molecule has 0 aromatic heterocycles. The highest BCUT2D eigenvalue weighted by Gasteiger charge is 2.61. The number of benzene rings is 4. The highest BCUT2D eigenvalue weighted by atomic mass is 32.2. The number of carbonyl (C=O) groups is 6. The predicted octanol–water partition coefficient (Wildman–Crippen LogP) is 9.03. The average molecular weight is 1240 g/mol. The third-order valence-electron chi connectivity index (χ3n) is 14.9. The molecule has 4 aromatic carbocycles. The van der Waals surface area contributed by atoms with Gasteiger partial charge in [0.05, 0.1) is 9.79 Å². The summed E-state index contributed by atoms with van der Waals surface area (Å²) in [5.41, 5.74) is 3.74. The number of hydrogen-bond acceptors (Lipinski definition) is 15. The molecule has 87 heavy (non-hydrogen) atoms. The number of carboxylic acids is 1. The van der Waals surface area contributed by atoms with Gasteiger partial charge in [-0.3, -0.25) is 29.0 Å². The molecular weight excluding hydrogens is 1160 g/mol. The number of carbonyl (C=O) groups excluding carboxylic acids is 5. The number of aliphatic carboxylic acids is 1. The minimum absolute atomic E-state index is 0.0594. The number of sulfonamides is 2. The number of ether oxygens (including phenoxy) is 4. The van der Waals surface area contributed by atoms with E-state index in [-0.39, 0.29) is 47.7 Å². The van der Waals surface area contributed by atoms with Crippen LogP contribution in [0.3, 0.4) is 0 Å². The summed E-state index contributed by atoms with van der Waals surface area (Å²) in [5.74, 6) is -2.48. The Morgan fingerprint density at radius 2 is 1.01 bits per heavy atom. The van der Waals surface area contributed by atoms with Crippen molar-refractivity contribution in [2.45, 2.75) is 151 Å². The Bertz CT molecular complexity index is 3290. The lowest BCUT2D eigenvalue weighted by atomic mass is 10.1. The van der Waals surface area contributed by atoms with E-state index in [0.717, 1.165) is 49.7 Å². The van der Waals surface area contributed by atoms with Crippen molar-refractivity contribution >= 4 is 55.9 Å². The lowest BCUT2D eigenvalue weighted by Crippen LogP contribution is -2.54. The van der Waals surface area contributed by atoms with E-state index in [2.05, 4.69) is 23.2 Å². The van der Waals surface area contributed by atoms with Crippen LogP contribution in [0.5, 0.6) is 11.5 Å². The molecule has 472 valence electrons. The van der Waals surface area contributed by atoms with Gasteiger partial charge >= 0.3 is 18.2 Å². The molecule has 5 amide bonds. The van der Waals surface area contributed by atoms with Crippen LogP contribution in [0.1, 0.15) is 117 Å². The van der Waals surface area contributed by atoms with E-state index in [4.69, 9.17) is 29.8 Å². The van der Waals surface area contributed by atoms with E-state index in [1.807, 2.05) is 65.4 Å². The molecule has 0 radical (unpaired) electrons. The second-order valence-electron chi connectivity index (χ2n) is 24.4. The van der Waals surface area contributed by atoms with E-state index in [1.165, 1.54) is 59.0 Å². The summed E-state index contributed by atoms with van der Waals surface area (Å²) < 4.78 is 77.7. The molecule has 0 heterocycles. The van der Waals surface area contributed by atoms with Gasteiger partial charge in [0, 0.05) is 37.1 Å². The average Bonchev–Trinajstić information content (AvgIpc) is 1.76. The van der Waals surface area contributed by atoms with Gasteiger partial charge in [0.25, 0.3) is 31.9 Å². The maximum Gasteiger partial charge on any atom is 0.410 e. The fraction of sp³-hybridized carbons (Fsp3) is 0.469. The molecule has 0 unspecified atom stereocenters. The summed E-state index contributed by atoms with van der Waals surface area (Å²) >= 11 is 0. The smallest absolute Gasteiger partial charge is 0.410 e. The molecular formula is C64H84N6O15S2. The summed E-state index contributed by atoms with van der Waals surface area (Å²) in [6.45, 7) is 18.7. The van der Waals surface area contributed by atoms with Gasteiger partial charge in [-0.05, 0) is 127 Å². The first-order valence-electron chi connectivity index (χ1n) is 29.1. The predicted molar refractivity (Wildman–Crippen MR) is 327 cm³/mol. The van der Waals surface area contributed by atoms with Crippen molar-refractivity contribution in [2.24, 2.45) is 29.4 Å². The van der Waals surface area contributed by atoms with Crippen molar-refractivity contribution in [1.29, 1.82) is 0 Å². The van der Waals surface area contributed by atoms with Crippen LogP contribution in [0.15, 0.2) is 144 Å². The Balaban J connectivity index is 0.000000232. The zero-order valence-corrected chi connectivity index (χ0v) is 52.2. The lowest BCUT2D eigenvalue weighted by Gasteiger charge is -2.29. The SMILES string of the molecule is C=C[C@@H]1C[C@]1(N)C(=O)NS(=O)(=O)c1cccc(OCc2ccccc2)c1.C=C[C@@H]1C[C@]1(NC(=O)CN(CC1CCCC1)C(=O)OC(C)(C)C)C(=O)NS(=O)(=O)c1cccc(OCc2ccccc2)c1.CC(C)(C)OC(=O)N(CC(=O)O)CC1CCCC1. The molecule has 23 heteroatoms. The second kappa shape index (κ2) is 29.8. The molecule has 21 nitrogen and oxygen atoms in total. The van der Waals surface area contributed by atoms with Crippen LogP contribution in [0.4, 0.5) is 9.59 Å². The van der Waals surface area contributed by atoms with Gasteiger partial charge in [0.2, 0.25) is 5.91 Å². The zero-order valence-electron chi connectivity index (χ0n) is 50.5. The minimum Gasteiger partial charge on any atom is -0.489 e. The van der Waals surface area contributed by atoms with E-state index in [1.54, 1.807) is 65.8 Å². The summed E-state index contributed by atoms with van der Waals surface area (Å²) in [6, 6.07) is 30.8. The number of hydrogen-bond donors (Lipinski definition) is 5. The Hall–Kier alpha value is -7.76. The van der Waals surface area contributed by atoms with Crippen LogP contribution in [-0.4, -0.2) is 116 Å². The summed E-state index contributed by atoms with van der Waals surface area (Å²) in [7, 11) is -8.33. The van der Waals surface area contributed by atoms with Crippen LogP contribution >= 0.6 is 0 Å². The lowest BCUT2D eigenvalue weighted by molar-refractivity contribution is -0.138. The normalized spacial score (nSPS) is 19.9. The Labute approximate surface area is 511 Å². The summed E-state index contributed by atoms with van der Waals surface area (Å²) in [6.07, 6.45) is 11.0. The molecule has 8 rings (SSSR count). The largest absolute Gasteiger partial charge is 0.489 e. The van der Waals surface area contributed by atoms with Gasteiger partial charge in [0.15, 0.2) is 0 Å². The first-order valence-corrected chi connectivity index (χ1v) is 32.1. The number of amides is 5. The topological polar surface area (TPSA) is 296 Å². The maximum atomic E-state index is 13.4. The first kappa shape index (κ1) is 68.4. The number of nitrogens with zero attached hydrogens (tertiary/aromatic N) is 2. The van der Waals surface area contributed by atoms with Crippen LogP contribution in [0.2, 0.25) is 0 Å². The van der Waals surface area contributed by atoms with Crippen LogP contribution in [0.25, 0.3) is 0 Å². The van der Waals surface area contributed by atoms with Crippen molar-refractivity contribution in [3.63, 3.8) is 0 Å². The molecule has 4 atom stereocenters.